The zero-order valence-electron chi connectivity index (χ0n) is 8.53. The third-order valence-electron chi connectivity index (χ3n) is 2.86. The lowest BCUT2D eigenvalue weighted by Crippen LogP contribution is -2.20. The Bertz CT molecular complexity index is 275. The Hall–Kier alpha value is -0.790. The van der Waals surface area contributed by atoms with E-state index in [1.807, 2.05) is 6.20 Å². The van der Waals surface area contributed by atoms with Gasteiger partial charge in [0.15, 0.2) is 0 Å². The summed E-state index contributed by atoms with van der Waals surface area (Å²) >= 11 is 0. The van der Waals surface area contributed by atoms with Gasteiger partial charge in [-0.1, -0.05) is 13.8 Å². The summed E-state index contributed by atoms with van der Waals surface area (Å²) < 4.78 is 2.29. The van der Waals surface area contributed by atoms with Crippen LogP contribution in [-0.2, 0) is 13.0 Å². The van der Waals surface area contributed by atoms with Crippen LogP contribution in [0.1, 0.15) is 32.5 Å². The molecule has 2 heteroatoms. The second kappa shape index (κ2) is 3.52. The minimum Gasteiger partial charge on any atom is -0.335 e. The first-order valence-corrected chi connectivity index (χ1v) is 5.25. The average Bonchev–Trinajstić information content (AvgIpc) is 2.49. The summed E-state index contributed by atoms with van der Waals surface area (Å²) in [6, 6.07) is 0. The van der Waals surface area contributed by atoms with E-state index in [4.69, 9.17) is 0 Å². The van der Waals surface area contributed by atoms with E-state index in [-0.39, 0.29) is 0 Å². The fourth-order valence-electron chi connectivity index (χ4n) is 2.28. The topological polar surface area (TPSA) is 17.8 Å². The Morgan fingerprint density at radius 2 is 2.46 bits per heavy atom. The molecular weight excluding hydrogens is 160 g/mol. The molecule has 0 unspecified atom stereocenters. The van der Waals surface area contributed by atoms with Gasteiger partial charge in [-0.25, -0.2) is 4.98 Å². The molecular formula is C11H18N2. The second-order valence-electron chi connectivity index (χ2n) is 4.53. The number of fused-ring (bicyclic) bond motifs is 1. The molecule has 1 aliphatic rings. The first-order valence-electron chi connectivity index (χ1n) is 5.25. The fourth-order valence-corrected chi connectivity index (χ4v) is 2.28. The first-order chi connectivity index (χ1) is 6.25. The summed E-state index contributed by atoms with van der Waals surface area (Å²) in [6.07, 6.45) is 7.90. The van der Waals surface area contributed by atoms with Gasteiger partial charge in [0.25, 0.3) is 0 Å². The number of imidazole rings is 1. The molecule has 1 aliphatic heterocycles. The SMILES string of the molecule is CC(C)C[C@H]1CCn2ccnc2C1. The summed E-state index contributed by atoms with van der Waals surface area (Å²) in [7, 11) is 0. The van der Waals surface area contributed by atoms with E-state index >= 15 is 0 Å². The molecule has 0 bridgehead atoms. The molecule has 0 radical (unpaired) electrons. The van der Waals surface area contributed by atoms with E-state index in [0.717, 1.165) is 11.8 Å². The van der Waals surface area contributed by atoms with Gasteiger partial charge in [-0.3, -0.25) is 0 Å². The monoisotopic (exact) mass is 178 g/mol. The normalized spacial score (nSPS) is 21.9. The summed E-state index contributed by atoms with van der Waals surface area (Å²) in [5, 5.41) is 0. The van der Waals surface area contributed by atoms with Crippen LogP contribution in [0.25, 0.3) is 0 Å². The summed E-state index contributed by atoms with van der Waals surface area (Å²) in [5.41, 5.74) is 0. The minimum atomic E-state index is 0.825. The van der Waals surface area contributed by atoms with Crippen molar-refractivity contribution in [2.45, 2.75) is 39.7 Å². The van der Waals surface area contributed by atoms with Gasteiger partial charge in [0, 0.05) is 25.4 Å². The largest absolute Gasteiger partial charge is 0.335 e. The molecule has 0 aliphatic carbocycles. The van der Waals surface area contributed by atoms with Crippen molar-refractivity contribution in [2.24, 2.45) is 11.8 Å². The quantitative estimate of drug-likeness (QED) is 0.680. The number of hydrogen-bond donors (Lipinski definition) is 0. The lowest BCUT2D eigenvalue weighted by molar-refractivity contribution is 0.324. The Kier molecular flexibility index (Phi) is 2.38. The molecule has 0 saturated heterocycles. The molecule has 2 rings (SSSR count). The van der Waals surface area contributed by atoms with E-state index < -0.39 is 0 Å². The number of nitrogens with zero attached hydrogens (tertiary/aromatic N) is 2. The van der Waals surface area contributed by atoms with Gasteiger partial charge in [-0.15, -0.1) is 0 Å². The Morgan fingerprint density at radius 3 is 3.23 bits per heavy atom. The highest BCUT2D eigenvalue weighted by molar-refractivity contribution is 4.97. The molecule has 0 aromatic carbocycles. The van der Waals surface area contributed by atoms with E-state index in [9.17, 15) is 0 Å². The number of aryl methyl sites for hydroxylation is 1. The summed E-state index contributed by atoms with van der Waals surface area (Å²) in [4.78, 5) is 4.38. The molecule has 13 heavy (non-hydrogen) atoms. The molecule has 1 aromatic rings. The van der Waals surface area contributed by atoms with Crippen molar-refractivity contribution >= 4 is 0 Å². The van der Waals surface area contributed by atoms with E-state index in [2.05, 4.69) is 29.6 Å². The minimum absolute atomic E-state index is 0.825. The van der Waals surface area contributed by atoms with Crippen molar-refractivity contribution < 1.29 is 0 Å². The van der Waals surface area contributed by atoms with Crippen LogP contribution >= 0.6 is 0 Å². The molecule has 1 aromatic heterocycles. The maximum atomic E-state index is 4.38. The zero-order chi connectivity index (χ0) is 9.26. The average molecular weight is 178 g/mol. The van der Waals surface area contributed by atoms with Gasteiger partial charge in [0.1, 0.15) is 5.82 Å². The Balaban J connectivity index is 2.00. The number of hydrogen-bond acceptors (Lipinski definition) is 1. The van der Waals surface area contributed by atoms with Crippen molar-refractivity contribution in [3.8, 4) is 0 Å². The number of aromatic nitrogens is 2. The van der Waals surface area contributed by atoms with Gasteiger partial charge < -0.3 is 4.57 Å². The predicted octanol–water partition coefficient (Wildman–Crippen LogP) is 2.49. The molecule has 1 atom stereocenters. The lowest BCUT2D eigenvalue weighted by Gasteiger charge is -2.24. The summed E-state index contributed by atoms with van der Waals surface area (Å²) in [5.74, 6) is 2.98. The van der Waals surface area contributed by atoms with Gasteiger partial charge in [-0.05, 0) is 24.7 Å². The molecule has 0 spiro atoms. The van der Waals surface area contributed by atoms with Crippen molar-refractivity contribution in [3.63, 3.8) is 0 Å². The predicted molar refractivity (Wildman–Crippen MR) is 53.5 cm³/mol. The highest BCUT2D eigenvalue weighted by Crippen LogP contribution is 2.24. The third kappa shape index (κ3) is 1.93. The van der Waals surface area contributed by atoms with Gasteiger partial charge in [-0.2, -0.15) is 0 Å². The van der Waals surface area contributed by atoms with Crippen molar-refractivity contribution in [1.82, 2.24) is 9.55 Å². The van der Waals surface area contributed by atoms with Crippen LogP contribution in [0.2, 0.25) is 0 Å². The van der Waals surface area contributed by atoms with Crippen molar-refractivity contribution in [3.05, 3.63) is 18.2 Å². The van der Waals surface area contributed by atoms with Crippen molar-refractivity contribution in [1.29, 1.82) is 0 Å². The summed E-state index contributed by atoms with van der Waals surface area (Å²) in [6.45, 7) is 5.79. The molecule has 2 heterocycles. The van der Waals surface area contributed by atoms with Gasteiger partial charge >= 0.3 is 0 Å². The standard InChI is InChI=1S/C11H18N2/c1-9(2)7-10-3-5-13-6-4-12-11(13)8-10/h4,6,9-10H,3,5,7-8H2,1-2H3/t10-/m1/s1. The first kappa shape index (κ1) is 8.79. The van der Waals surface area contributed by atoms with Crippen LogP contribution in [0.5, 0.6) is 0 Å². The van der Waals surface area contributed by atoms with Crippen LogP contribution in [0, 0.1) is 11.8 Å². The third-order valence-corrected chi connectivity index (χ3v) is 2.86. The molecule has 2 nitrogen and oxygen atoms in total. The van der Waals surface area contributed by atoms with E-state index in [1.165, 1.54) is 31.6 Å². The van der Waals surface area contributed by atoms with Crippen LogP contribution in [0.15, 0.2) is 12.4 Å². The van der Waals surface area contributed by atoms with Crippen LogP contribution < -0.4 is 0 Å². The zero-order valence-corrected chi connectivity index (χ0v) is 8.53. The second-order valence-corrected chi connectivity index (χ2v) is 4.53. The van der Waals surface area contributed by atoms with E-state index in [0.29, 0.717) is 0 Å². The highest BCUT2D eigenvalue weighted by atomic mass is 15.1. The molecule has 0 fully saturated rings. The van der Waals surface area contributed by atoms with E-state index in [1.54, 1.807) is 0 Å². The highest BCUT2D eigenvalue weighted by Gasteiger charge is 2.19. The Labute approximate surface area is 80.0 Å². The van der Waals surface area contributed by atoms with Gasteiger partial charge in [0.05, 0.1) is 0 Å². The van der Waals surface area contributed by atoms with Crippen molar-refractivity contribution in [2.75, 3.05) is 0 Å². The molecule has 0 amide bonds. The number of rotatable bonds is 2. The molecule has 0 saturated carbocycles. The maximum absolute atomic E-state index is 4.38. The van der Waals surface area contributed by atoms with Gasteiger partial charge in [0.2, 0.25) is 0 Å². The molecule has 72 valence electrons. The lowest BCUT2D eigenvalue weighted by atomic mass is 9.89. The smallest absolute Gasteiger partial charge is 0.108 e. The molecule has 0 N–H and O–H groups in total. The maximum Gasteiger partial charge on any atom is 0.108 e. The van der Waals surface area contributed by atoms with Crippen LogP contribution in [-0.4, -0.2) is 9.55 Å². The fraction of sp³-hybridized carbons (Fsp3) is 0.727. The Morgan fingerprint density at radius 1 is 1.62 bits per heavy atom. The van der Waals surface area contributed by atoms with Crippen LogP contribution in [0.3, 0.4) is 0 Å². The van der Waals surface area contributed by atoms with Crippen LogP contribution in [0.4, 0.5) is 0 Å².